The topological polar surface area (TPSA) is 92.7 Å². The Morgan fingerprint density at radius 3 is 2.96 bits per heavy atom. The average molecular weight is 355 g/mol. The SMILES string of the molecule is CCc1cc(=O)[nH]c(-n2nc(C3CC3)cc2NC(=O)c2cccs2)n1. The number of anilines is 1. The van der Waals surface area contributed by atoms with Crippen LogP contribution in [0.4, 0.5) is 5.82 Å². The summed E-state index contributed by atoms with van der Waals surface area (Å²) in [4.78, 5) is 32.1. The van der Waals surface area contributed by atoms with E-state index in [2.05, 4.69) is 20.4 Å². The minimum atomic E-state index is -0.235. The molecular weight excluding hydrogens is 338 g/mol. The van der Waals surface area contributed by atoms with Crippen LogP contribution < -0.4 is 10.9 Å². The molecule has 1 saturated carbocycles. The molecule has 0 saturated heterocycles. The van der Waals surface area contributed by atoms with Gasteiger partial charge in [-0.2, -0.15) is 9.78 Å². The fourth-order valence-corrected chi connectivity index (χ4v) is 3.21. The van der Waals surface area contributed by atoms with Crippen molar-refractivity contribution in [3.8, 4) is 5.95 Å². The lowest BCUT2D eigenvalue weighted by Gasteiger charge is -2.08. The summed E-state index contributed by atoms with van der Waals surface area (Å²) in [6, 6.07) is 6.93. The van der Waals surface area contributed by atoms with Gasteiger partial charge in [-0.1, -0.05) is 13.0 Å². The second kappa shape index (κ2) is 6.29. The van der Waals surface area contributed by atoms with Gasteiger partial charge in [0.15, 0.2) is 0 Å². The van der Waals surface area contributed by atoms with Crippen LogP contribution >= 0.6 is 11.3 Å². The Hall–Kier alpha value is -2.74. The summed E-state index contributed by atoms with van der Waals surface area (Å²) < 4.78 is 1.51. The maximum atomic E-state index is 12.4. The average Bonchev–Trinajstić information content (AvgIpc) is 3.14. The molecule has 3 aromatic heterocycles. The van der Waals surface area contributed by atoms with Crippen LogP contribution in [0, 0.1) is 0 Å². The lowest BCUT2D eigenvalue weighted by molar-refractivity contribution is 0.103. The van der Waals surface area contributed by atoms with Gasteiger partial charge in [-0.15, -0.1) is 11.3 Å². The molecule has 3 heterocycles. The number of aromatic amines is 1. The number of thiophene rings is 1. The molecule has 25 heavy (non-hydrogen) atoms. The Labute approximate surface area is 147 Å². The van der Waals surface area contributed by atoms with E-state index in [1.54, 1.807) is 6.07 Å². The van der Waals surface area contributed by atoms with Crippen LogP contribution in [-0.2, 0) is 6.42 Å². The Kier molecular flexibility index (Phi) is 3.96. The van der Waals surface area contributed by atoms with E-state index in [4.69, 9.17) is 0 Å². The molecular formula is C17H17N5O2S. The molecule has 0 bridgehead atoms. The number of carbonyl (C=O) groups is 1. The van der Waals surface area contributed by atoms with E-state index in [0.29, 0.717) is 34.7 Å². The van der Waals surface area contributed by atoms with Crippen LogP contribution in [0.5, 0.6) is 0 Å². The Morgan fingerprint density at radius 2 is 2.28 bits per heavy atom. The van der Waals surface area contributed by atoms with Crippen molar-refractivity contribution in [1.29, 1.82) is 0 Å². The summed E-state index contributed by atoms with van der Waals surface area (Å²) in [5.41, 5.74) is 1.35. The Morgan fingerprint density at radius 1 is 1.44 bits per heavy atom. The fourth-order valence-electron chi connectivity index (χ4n) is 2.59. The number of carbonyl (C=O) groups excluding carboxylic acids is 1. The van der Waals surface area contributed by atoms with E-state index in [9.17, 15) is 9.59 Å². The van der Waals surface area contributed by atoms with Crippen LogP contribution in [-0.4, -0.2) is 25.7 Å². The maximum absolute atomic E-state index is 12.4. The van der Waals surface area contributed by atoms with E-state index in [0.717, 1.165) is 18.5 Å². The first kappa shape index (κ1) is 15.8. The fraction of sp³-hybridized carbons (Fsp3) is 0.294. The molecule has 4 rings (SSSR count). The highest BCUT2D eigenvalue weighted by molar-refractivity contribution is 7.12. The molecule has 0 radical (unpaired) electrons. The van der Waals surface area contributed by atoms with Gasteiger partial charge < -0.3 is 5.32 Å². The number of nitrogens with zero attached hydrogens (tertiary/aromatic N) is 3. The van der Waals surface area contributed by atoms with Gasteiger partial charge >= 0.3 is 0 Å². The van der Waals surface area contributed by atoms with Gasteiger partial charge in [-0.3, -0.25) is 14.6 Å². The van der Waals surface area contributed by atoms with Gasteiger partial charge in [0, 0.05) is 23.7 Å². The number of rotatable bonds is 5. The van der Waals surface area contributed by atoms with Gasteiger partial charge in [0.05, 0.1) is 10.6 Å². The van der Waals surface area contributed by atoms with E-state index in [1.807, 2.05) is 24.4 Å². The molecule has 2 N–H and O–H groups in total. The standard InChI is InChI=1S/C17H17N5O2S/c1-2-11-8-15(23)20-17(18-11)22-14(9-12(21-22)10-5-6-10)19-16(24)13-4-3-7-25-13/h3-4,7-10H,2,5-6H2,1H3,(H,19,24)(H,18,20,23). The molecule has 1 aliphatic rings. The second-order valence-electron chi connectivity index (χ2n) is 5.99. The number of aromatic nitrogens is 4. The zero-order valence-electron chi connectivity index (χ0n) is 13.7. The highest BCUT2D eigenvalue weighted by Crippen LogP contribution is 2.40. The number of H-pyrrole nitrogens is 1. The summed E-state index contributed by atoms with van der Waals surface area (Å²) in [6.07, 6.45) is 2.83. The van der Waals surface area contributed by atoms with Crippen LogP contribution in [0.15, 0.2) is 34.4 Å². The maximum Gasteiger partial charge on any atom is 0.266 e. The third-order valence-corrected chi connectivity index (χ3v) is 4.92. The number of hydrogen-bond donors (Lipinski definition) is 2. The predicted octanol–water partition coefficient (Wildman–Crippen LogP) is 2.71. The highest BCUT2D eigenvalue weighted by Gasteiger charge is 2.28. The largest absolute Gasteiger partial charge is 0.306 e. The first-order valence-electron chi connectivity index (χ1n) is 8.19. The smallest absolute Gasteiger partial charge is 0.266 e. The summed E-state index contributed by atoms with van der Waals surface area (Å²) >= 11 is 1.37. The van der Waals surface area contributed by atoms with Gasteiger partial charge in [0.2, 0.25) is 5.95 Å². The Bertz CT molecular complexity index is 969. The Balaban J connectivity index is 1.74. The molecule has 3 aromatic rings. The molecule has 1 fully saturated rings. The van der Waals surface area contributed by atoms with Crippen LogP contribution in [0.3, 0.4) is 0 Å². The van der Waals surface area contributed by atoms with Crippen LogP contribution in [0.2, 0.25) is 0 Å². The van der Waals surface area contributed by atoms with Crippen molar-refractivity contribution in [2.75, 3.05) is 5.32 Å². The lowest BCUT2D eigenvalue weighted by atomic mass is 10.3. The lowest BCUT2D eigenvalue weighted by Crippen LogP contribution is -2.18. The van der Waals surface area contributed by atoms with Crippen molar-refractivity contribution < 1.29 is 4.79 Å². The zero-order chi connectivity index (χ0) is 17.4. The number of amides is 1. The van der Waals surface area contributed by atoms with Crippen molar-refractivity contribution in [2.45, 2.75) is 32.1 Å². The number of hydrogen-bond acceptors (Lipinski definition) is 5. The first-order valence-corrected chi connectivity index (χ1v) is 9.07. The van der Waals surface area contributed by atoms with Crippen LogP contribution in [0.1, 0.15) is 46.7 Å². The van der Waals surface area contributed by atoms with Gasteiger partial charge in [0.1, 0.15) is 5.82 Å². The normalized spacial score (nSPS) is 13.8. The van der Waals surface area contributed by atoms with E-state index in [-0.39, 0.29) is 11.5 Å². The van der Waals surface area contributed by atoms with Crippen molar-refractivity contribution in [3.63, 3.8) is 0 Å². The summed E-state index contributed by atoms with van der Waals surface area (Å²) in [6.45, 7) is 1.93. The molecule has 0 atom stereocenters. The highest BCUT2D eigenvalue weighted by atomic mass is 32.1. The number of aryl methyl sites for hydroxylation is 1. The van der Waals surface area contributed by atoms with Crippen LogP contribution in [0.25, 0.3) is 5.95 Å². The first-order chi connectivity index (χ1) is 12.1. The molecule has 0 aromatic carbocycles. The van der Waals surface area contributed by atoms with E-state index >= 15 is 0 Å². The third-order valence-electron chi connectivity index (χ3n) is 4.06. The van der Waals surface area contributed by atoms with E-state index < -0.39 is 0 Å². The molecule has 1 amide bonds. The zero-order valence-corrected chi connectivity index (χ0v) is 14.5. The van der Waals surface area contributed by atoms with Crippen molar-refractivity contribution >= 4 is 23.1 Å². The summed E-state index contributed by atoms with van der Waals surface area (Å²) in [7, 11) is 0. The number of nitrogens with one attached hydrogen (secondary N) is 2. The molecule has 0 unspecified atom stereocenters. The quantitative estimate of drug-likeness (QED) is 0.736. The van der Waals surface area contributed by atoms with Gasteiger partial charge in [-0.25, -0.2) is 4.98 Å². The van der Waals surface area contributed by atoms with Crippen molar-refractivity contribution in [1.82, 2.24) is 19.7 Å². The third kappa shape index (κ3) is 3.25. The van der Waals surface area contributed by atoms with Gasteiger partial charge in [-0.05, 0) is 30.7 Å². The monoisotopic (exact) mass is 355 g/mol. The predicted molar refractivity (Wildman–Crippen MR) is 95.6 cm³/mol. The molecule has 1 aliphatic carbocycles. The molecule has 0 spiro atoms. The van der Waals surface area contributed by atoms with Crippen molar-refractivity contribution in [3.05, 3.63) is 56.3 Å². The van der Waals surface area contributed by atoms with Gasteiger partial charge in [0.25, 0.3) is 11.5 Å². The van der Waals surface area contributed by atoms with Crippen molar-refractivity contribution in [2.24, 2.45) is 0 Å². The molecule has 0 aliphatic heterocycles. The molecule has 8 heteroatoms. The second-order valence-corrected chi connectivity index (χ2v) is 6.93. The van der Waals surface area contributed by atoms with E-state index in [1.165, 1.54) is 22.1 Å². The summed E-state index contributed by atoms with van der Waals surface area (Å²) in [5, 5.41) is 9.30. The summed E-state index contributed by atoms with van der Waals surface area (Å²) in [5.74, 6) is 1.04. The minimum Gasteiger partial charge on any atom is -0.306 e. The molecule has 128 valence electrons. The minimum absolute atomic E-state index is 0.201. The molecule has 7 nitrogen and oxygen atoms in total.